The molecule has 0 spiro atoms. The van der Waals surface area contributed by atoms with Crippen molar-refractivity contribution in [1.29, 1.82) is 0 Å². The fourth-order valence-corrected chi connectivity index (χ4v) is 2.46. The zero-order valence-electron chi connectivity index (χ0n) is 11.7. The SMILES string of the molecule is COC(=O)CCC1(c2cc(C)ccc2OC)COC1. The summed E-state index contributed by atoms with van der Waals surface area (Å²) in [7, 11) is 3.08. The number of carbonyl (C=O) groups excluding carboxylic acids is 1. The second kappa shape index (κ2) is 5.61. The molecule has 1 aromatic carbocycles. The minimum absolute atomic E-state index is 0.119. The largest absolute Gasteiger partial charge is 0.496 e. The highest BCUT2D eigenvalue weighted by atomic mass is 16.5. The monoisotopic (exact) mass is 264 g/mol. The van der Waals surface area contributed by atoms with Crippen LogP contribution in [0.2, 0.25) is 0 Å². The molecule has 4 heteroatoms. The van der Waals surface area contributed by atoms with Crippen molar-refractivity contribution in [1.82, 2.24) is 0 Å². The summed E-state index contributed by atoms with van der Waals surface area (Å²) in [4.78, 5) is 11.4. The summed E-state index contributed by atoms with van der Waals surface area (Å²) < 4.78 is 15.6. The molecule has 0 aliphatic carbocycles. The molecule has 2 rings (SSSR count). The molecule has 4 nitrogen and oxygen atoms in total. The van der Waals surface area contributed by atoms with Gasteiger partial charge in [0.05, 0.1) is 27.4 Å². The fourth-order valence-electron chi connectivity index (χ4n) is 2.46. The van der Waals surface area contributed by atoms with Crippen molar-refractivity contribution >= 4 is 5.97 Å². The molecule has 0 bridgehead atoms. The van der Waals surface area contributed by atoms with Gasteiger partial charge in [-0.3, -0.25) is 4.79 Å². The van der Waals surface area contributed by atoms with Crippen LogP contribution in [0.25, 0.3) is 0 Å². The molecule has 19 heavy (non-hydrogen) atoms. The quantitative estimate of drug-likeness (QED) is 0.765. The van der Waals surface area contributed by atoms with E-state index < -0.39 is 0 Å². The van der Waals surface area contributed by atoms with Gasteiger partial charge in [0.25, 0.3) is 0 Å². The Hall–Kier alpha value is -1.55. The van der Waals surface area contributed by atoms with Gasteiger partial charge in [-0.25, -0.2) is 0 Å². The molecule has 0 radical (unpaired) electrons. The summed E-state index contributed by atoms with van der Waals surface area (Å²) in [6.45, 7) is 3.31. The van der Waals surface area contributed by atoms with Crippen molar-refractivity contribution in [2.24, 2.45) is 0 Å². The van der Waals surface area contributed by atoms with Crippen LogP contribution < -0.4 is 4.74 Å². The first-order valence-corrected chi connectivity index (χ1v) is 6.41. The van der Waals surface area contributed by atoms with Gasteiger partial charge in [-0.15, -0.1) is 0 Å². The summed E-state index contributed by atoms with van der Waals surface area (Å²) in [5.74, 6) is 0.677. The van der Waals surface area contributed by atoms with Crippen molar-refractivity contribution in [3.05, 3.63) is 29.3 Å². The van der Waals surface area contributed by atoms with Gasteiger partial charge in [-0.05, 0) is 19.4 Å². The van der Waals surface area contributed by atoms with Crippen LogP contribution in [0.5, 0.6) is 5.75 Å². The molecule has 0 unspecified atom stereocenters. The number of aryl methyl sites for hydroxylation is 1. The van der Waals surface area contributed by atoms with Gasteiger partial charge in [0.2, 0.25) is 0 Å². The summed E-state index contributed by atoms with van der Waals surface area (Å²) >= 11 is 0. The normalized spacial score (nSPS) is 16.6. The van der Waals surface area contributed by atoms with Crippen molar-refractivity contribution in [2.45, 2.75) is 25.2 Å². The minimum Gasteiger partial charge on any atom is -0.496 e. The molecule has 0 aromatic heterocycles. The van der Waals surface area contributed by atoms with Crippen molar-refractivity contribution in [3.8, 4) is 5.75 Å². The first-order chi connectivity index (χ1) is 9.11. The van der Waals surface area contributed by atoms with E-state index in [4.69, 9.17) is 14.2 Å². The number of rotatable bonds is 5. The van der Waals surface area contributed by atoms with E-state index in [1.165, 1.54) is 12.7 Å². The van der Waals surface area contributed by atoms with E-state index in [1.807, 2.05) is 12.1 Å². The summed E-state index contributed by atoms with van der Waals surface area (Å²) in [5.41, 5.74) is 2.19. The number of esters is 1. The van der Waals surface area contributed by atoms with E-state index in [0.29, 0.717) is 19.6 Å². The minimum atomic E-state index is -0.183. The van der Waals surface area contributed by atoms with Crippen LogP contribution in [0.3, 0.4) is 0 Å². The molecule has 0 amide bonds. The molecule has 1 saturated heterocycles. The lowest BCUT2D eigenvalue weighted by Gasteiger charge is -2.42. The first kappa shape index (κ1) is 13.9. The lowest BCUT2D eigenvalue weighted by molar-refractivity contribution is -0.142. The van der Waals surface area contributed by atoms with E-state index in [-0.39, 0.29) is 11.4 Å². The van der Waals surface area contributed by atoms with E-state index in [2.05, 4.69) is 13.0 Å². The number of benzene rings is 1. The molecular weight excluding hydrogens is 244 g/mol. The number of ether oxygens (including phenoxy) is 3. The van der Waals surface area contributed by atoms with Crippen molar-refractivity contribution < 1.29 is 19.0 Å². The zero-order valence-corrected chi connectivity index (χ0v) is 11.7. The maximum absolute atomic E-state index is 11.4. The van der Waals surface area contributed by atoms with E-state index in [1.54, 1.807) is 7.11 Å². The number of methoxy groups -OCH3 is 2. The molecule has 1 heterocycles. The van der Waals surface area contributed by atoms with Crippen LogP contribution in [0.15, 0.2) is 18.2 Å². The molecule has 1 aromatic rings. The van der Waals surface area contributed by atoms with Gasteiger partial charge in [0, 0.05) is 17.4 Å². The Morgan fingerprint density at radius 3 is 2.63 bits per heavy atom. The maximum atomic E-state index is 11.4. The predicted octanol–water partition coefficient (Wildman–Crippen LogP) is 2.22. The number of hydrogen-bond acceptors (Lipinski definition) is 4. The standard InChI is InChI=1S/C15H20O4/c1-11-4-5-13(17-2)12(8-11)15(9-19-10-15)7-6-14(16)18-3/h4-5,8H,6-7,9-10H2,1-3H3. The molecule has 0 N–H and O–H groups in total. The Bertz CT molecular complexity index is 463. The predicted molar refractivity (Wildman–Crippen MR) is 71.5 cm³/mol. The maximum Gasteiger partial charge on any atom is 0.305 e. The van der Waals surface area contributed by atoms with Gasteiger partial charge >= 0.3 is 5.97 Å². The summed E-state index contributed by atoms with van der Waals surface area (Å²) in [6.07, 6.45) is 1.12. The molecule has 1 fully saturated rings. The Kier molecular flexibility index (Phi) is 4.10. The van der Waals surface area contributed by atoms with Gasteiger partial charge in [0.15, 0.2) is 0 Å². The highest BCUT2D eigenvalue weighted by Gasteiger charge is 2.42. The third-order valence-corrected chi connectivity index (χ3v) is 3.72. The molecule has 1 aliphatic heterocycles. The van der Waals surface area contributed by atoms with Gasteiger partial charge in [-0.2, -0.15) is 0 Å². The average molecular weight is 264 g/mol. The van der Waals surface area contributed by atoms with Crippen LogP contribution in [-0.4, -0.2) is 33.4 Å². The smallest absolute Gasteiger partial charge is 0.305 e. The second-order valence-corrected chi connectivity index (χ2v) is 5.05. The number of carbonyl (C=O) groups is 1. The average Bonchev–Trinajstić information content (AvgIpc) is 2.37. The van der Waals surface area contributed by atoms with E-state index >= 15 is 0 Å². The summed E-state index contributed by atoms with van der Waals surface area (Å²) in [5, 5.41) is 0. The van der Waals surface area contributed by atoms with Crippen LogP contribution in [0, 0.1) is 6.92 Å². The highest BCUT2D eigenvalue weighted by Crippen LogP contribution is 2.41. The molecule has 0 saturated carbocycles. The highest BCUT2D eigenvalue weighted by molar-refractivity contribution is 5.69. The second-order valence-electron chi connectivity index (χ2n) is 5.05. The van der Waals surface area contributed by atoms with Crippen molar-refractivity contribution in [2.75, 3.05) is 27.4 Å². The van der Waals surface area contributed by atoms with Crippen LogP contribution in [0.4, 0.5) is 0 Å². The zero-order chi connectivity index (χ0) is 13.9. The Morgan fingerprint density at radius 2 is 2.11 bits per heavy atom. The lowest BCUT2D eigenvalue weighted by atomic mass is 9.74. The van der Waals surface area contributed by atoms with Crippen LogP contribution in [0.1, 0.15) is 24.0 Å². The van der Waals surface area contributed by atoms with E-state index in [0.717, 1.165) is 17.7 Å². The Balaban J connectivity index is 2.25. The van der Waals surface area contributed by atoms with Gasteiger partial charge < -0.3 is 14.2 Å². The van der Waals surface area contributed by atoms with Crippen molar-refractivity contribution in [3.63, 3.8) is 0 Å². The number of hydrogen-bond donors (Lipinski definition) is 0. The molecule has 104 valence electrons. The van der Waals surface area contributed by atoms with Gasteiger partial charge in [-0.1, -0.05) is 17.7 Å². The van der Waals surface area contributed by atoms with Crippen LogP contribution in [-0.2, 0) is 19.7 Å². The third kappa shape index (κ3) is 2.73. The van der Waals surface area contributed by atoms with Gasteiger partial charge in [0.1, 0.15) is 5.75 Å². The summed E-state index contributed by atoms with van der Waals surface area (Å²) in [6, 6.07) is 6.12. The topological polar surface area (TPSA) is 44.8 Å². The fraction of sp³-hybridized carbons (Fsp3) is 0.533. The third-order valence-electron chi connectivity index (χ3n) is 3.72. The van der Waals surface area contributed by atoms with E-state index in [9.17, 15) is 4.79 Å². The Labute approximate surface area is 113 Å². The van der Waals surface area contributed by atoms with Crippen LogP contribution >= 0.6 is 0 Å². The molecular formula is C15H20O4. The lowest BCUT2D eigenvalue weighted by Crippen LogP contribution is -2.47. The first-order valence-electron chi connectivity index (χ1n) is 6.41. The Morgan fingerprint density at radius 1 is 1.37 bits per heavy atom. The molecule has 0 atom stereocenters. The molecule has 1 aliphatic rings.